The number of rotatable bonds is 3. The lowest BCUT2D eigenvalue weighted by Crippen LogP contribution is -2.47. The van der Waals surface area contributed by atoms with Gasteiger partial charge in [-0.3, -0.25) is 0 Å². The highest BCUT2D eigenvalue weighted by Crippen LogP contribution is 2.43. The Bertz CT molecular complexity index is 318. The lowest BCUT2D eigenvalue weighted by atomic mass is 9.87. The van der Waals surface area contributed by atoms with Gasteiger partial charge in [-0.1, -0.05) is 12.8 Å². The summed E-state index contributed by atoms with van der Waals surface area (Å²) in [6.45, 7) is 7.02. The molecule has 18 heavy (non-hydrogen) atoms. The average molecular weight is 268 g/mol. The molecule has 2 saturated heterocycles. The summed E-state index contributed by atoms with van der Waals surface area (Å²) in [7, 11) is -1.41. The van der Waals surface area contributed by atoms with Crippen molar-refractivity contribution >= 4 is 8.32 Å². The third-order valence-electron chi connectivity index (χ3n) is 5.20. The molecule has 0 amide bonds. The smallest absolute Gasteiger partial charge is 0.190 e. The van der Waals surface area contributed by atoms with Gasteiger partial charge >= 0.3 is 0 Å². The first-order valence-electron chi connectivity index (χ1n) is 7.81. The molecule has 3 rings (SSSR count). The second-order valence-corrected chi connectivity index (χ2v) is 11.7. The van der Waals surface area contributed by atoms with Crippen LogP contribution in [0.5, 0.6) is 0 Å². The highest BCUT2D eigenvalue weighted by atomic mass is 28.4. The van der Waals surface area contributed by atoms with Crippen molar-refractivity contribution < 1.29 is 9.16 Å². The summed E-state index contributed by atoms with van der Waals surface area (Å²) >= 11 is 0. The molecule has 104 valence electrons. The zero-order valence-electron chi connectivity index (χ0n) is 12.2. The van der Waals surface area contributed by atoms with Gasteiger partial charge in [-0.15, -0.1) is 0 Å². The number of epoxide rings is 1. The Morgan fingerprint density at radius 3 is 2.78 bits per heavy atom. The van der Waals surface area contributed by atoms with Crippen LogP contribution in [0.15, 0.2) is 0 Å². The fourth-order valence-electron chi connectivity index (χ4n) is 4.09. The molecule has 0 aromatic heterocycles. The number of ether oxygens (including phenoxy) is 1. The molecule has 3 fully saturated rings. The van der Waals surface area contributed by atoms with Crippen molar-refractivity contribution in [3.8, 4) is 0 Å². The third kappa shape index (κ3) is 2.99. The third-order valence-corrected chi connectivity index (χ3v) is 9.00. The SMILES string of the molecule is CC1(C)CCC[Si](C)(CCC2CCC3OC3C2)O1. The Hall–Kier alpha value is 0.137. The zero-order valence-corrected chi connectivity index (χ0v) is 13.2. The Morgan fingerprint density at radius 2 is 2.06 bits per heavy atom. The van der Waals surface area contributed by atoms with Gasteiger partial charge in [-0.05, 0) is 64.1 Å². The maximum atomic E-state index is 6.50. The van der Waals surface area contributed by atoms with Gasteiger partial charge in [0.25, 0.3) is 0 Å². The van der Waals surface area contributed by atoms with Crippen molar-refractivity contribution in [2.45, 2.75) is 88.8 Å². The molecule has 0 radical (unpaired) electrons. The van der Waals surface area contributed by atoms with Gasteiger partial charge in [-0.25, -0.2) is 0 Å². The fraction of sp³-hybridized carbons (Fsp3) is 1.00. The van der Waals surface area contributed by atoms with Crippen molar-refractivity contribution in [3.63, 3.8) is 0 Å². The summed E-state index contributed by atoms with van der Waals surface area (Å²) in [6.07, 6.45) is 9.37. The van der Waals surface area contributed by atoms with Gasteiger partial charge in [0, 0.05) is 0 Å². The average Bonchev–Trinajstić information content (AvgIpc) is 3.02. The molecular weight excluding hydrogens is 240 g/mol. The number of hydrogen-bond donors (Lipinski definition) is 0. The summed E-state index contributed by atoms with van der Waals surface area (Å²) < 4.78 is 12.1. The Kier molecular flexibility index (Phi) is 3.36. The van der Waals surface area contributed by atoms with Crippen LogP contribution in [0.1, 0.15) is 52.4 Å². The van der Waals surface area contributed by atoms with Gasteiger partial charge in [0.05, 0.1) is 17.8 Å². The van der Waals surface area contributed by atoms with E-state index in [1.54, 1.807) is 0 Å². The Balaban J connectivity index is 1.49. The van der Waals surface area contributed by atoms with Crippen LogP contribution in [-0.2, 0) is 9.16 Å². The maximum absolute atomic E-state index is 6.50. The van der Waals surface area contributed by atoms with Gasteiger partial charge in [0.2, 0.25) is 0 Å². The van der Waals surface area contributed by atoms with E-state index in [4.69, 9.17) is 9.16 Å². The van der Waals surface area contributed by atoms with Crippen LogP contribution in [0, 0.1) is 5.92 Å². The first kappa shape index (κ1) is 13.1. The molecular formula is C15H28O2Si. The summed E-state index contributed by atoms with van der Waals surface area (Å²) in [5.74, 6) is 0.923. The highest BCUT2D eigenvalue weighted by molar-refractivity contribution is 6.72. The minimum atomic E-state index is -1.41. The lowest BCUT2D eigenvalue weighted by molar-refractivity contribution is 0.0692. The second-order valence-electron chi connectivity index (χ2n) is 7.60. The van der Waals surface area contributed by atoms with Crippen molar-refractivity contribution in [2.24, 2.45) is 5.92 Å². The summed E-state index contributed by atoms with van der Waals surface area (Å²) in [5.41, 5.74) is 0.149. The predicted octanol–water partition coefficient (Wildman–Crippen LogP) is 4.11. The van der Waals surface area contributed by atoms with Crippen LogP contribution in [-0.4, -0.2) is 26.1 Å². The zero-order chi connectivity index (χ0) is 12.8. The monoisotopic (exact) mass is 268 g/mol. The van der Waals surface area contributed by atoms with E-state index in [9.17, 15) is 0 Å². The van der Waals surface area contributed by atoms with E-state index in [2.05, 4.69) is 20.4 Å². The van der Waals surface area contributed by atoms with E-state index >= 15 is 0 Å². The van der Waals surface area contributed by atoms with E-state index in [-0.39, 0.29) is 5.60 Å². The predicted molar refractivity (Wildman–Crippen MR) is 76.2 cm³/mol. The molecule has 1 aliphatic carbocycles. The van der Waals surface area contributed by atoms with Gasteiger partial charge in [-0.2, -0.15) is 0 Å². The topological polar surface area (TPSA) is 21.8 Å². The van der Waals surface area contributed by atoms with Gasteiger partial charge in [0.1, 0.15) is 0 Å². The molecule has 2 heterocycles. The van der Waals surface area contributed by atoms with Gasteiger partial charge < -0.3 is 9.16 Å². The van der Waals surface area contributed by atoms with Crippen LogP contribution < -0.4 is 0 Å². The molecule has 0 bridgehead atoms. The van der Waals surface area contributed by atoms with Crippen LogP contribution >= 0.6 is 0 Å². The minimum Gasteiger partial charge on any atom is -0.412 e. The van der Waals surface area contributed by atoms with Crippen molar-refractivity contribution in [2.75, 3.05) is 0 Å². The van der Waals surface area contributed by atoms with Gasteiger partial charge in [0.15, 0.2) is 8.32 Å². The largest absolute Gasteiger partial charge is 0.412 e. The normalized spacial score (nSPS) is 46.5. The molecule has 0 N–H and O–H groups in total. The number of hydrogen-bond acceptors (Lipinski definition) is 2. The van der Waals surface area contributed by atoms with Crippen LogP contribution in [0.4, 0.5) is 0 Å². The van der Waals surface area contributed by atoms with E-state index in [0.717, 1.165) is 5.92 Å². The standard InChI is InChI=1S/C15H28O2Si/c1-15(2)8-4-9-18(3,17-15)10-7-12-5-6-13-14(11-12)16-13/h12-14H,4-11H2,1-3H3. The summed E-state index contributed by atoms with van der Waals surface area (Å²) in [5, 5.41) is 0. The molecule has 3 heteroatoms. The summed E-state index contributed by atoms with van der Waals surface area (Å²) in [4.78, 5) is 0. The molecule has 2 nitrogen and oxygen atoms in total. The minimum absolute atomic E-state index is 0.149. The van der Waals surface area contributed by atoms with E-state index in [1.165, 1.54) is 50.6 Å². The first-order chi connectivity index (χ1) is 8.46. The highest BCUT2D eigenvalue weighted by Gasteiger charge is 2.45. The summed E-state index contributed by atoms with van der Waals surface area (Å²) in [6, 6.07) is 2.75. The van der Waals surface area contributed by atoms with Crippen molar-refractivity contribution in [1.82, 2.24) is 0 Å². The molecule has 1 saturated carbocycles. The Morgan fingerprint density at radius 1 is 1.22 bits per heavy atom. The second kappa shape index (κ2) is 4.60. The van der Waals surface area contributed by atoms with E-state index < -0.39 is 8.32 Å². The van der Waals surface area contributed by atoms with Crippen molar-refractivity contribution in [3.05, 3.63) is 0 Å². The number of fused-ring (bicyclic) bond motifs is 1. The quantitative estimate of drug-likeness (QED) is 0.567. The molecule has 4 unspecified atom stereocenters. The Labute approximate surface area is 113 Å². The molecule has 2 aliphatic heterocycles. The van der Waals surface area contributed by atoms with Crippen LogP contribution in [0.2, 0.25) is 18.6 Å². The van der Waals surface area contributed by atoms with E-state index in [1.807, 2.05) is 0 Å². The fourth-order valence-corrected chi connectivity index (χ4v) is 7.93. The molecule has 4 atom stereocenters. The van der Waals surface area contributed by atoms with Crippen LogP contribution in [0.3, 0.4) is 0 Å². The molecule has 0 spiro atoms. The van der Waals surface area contributed by atoms with E-state index in [0.29, 0.717) is 12.2 Å². The molecule has 0 aromatic rings. The van der Waals surface area contributed by atoms with Crippen LogP contribution in [0.25, 0.3) is 0 Å². The maximum Gasteiger partial charge on any atom is 0.190 e. The van der Waals surface area contributed by atoms with Crippen molar-refractivity contribution in [1.29, 1.82) is 0 Å². The molecule has 0 aromatic carbocycles. The first-order valence-corrected chi connectivity index (χ1v) is 10.6. The lowest BCUT2D eigenvalue weighted by Gasteiger charge is -2.43. The molecule has 3 aliphatic rings.